The number of hydrogen-bond donors (Lipinski definition) is 2. The zero-order valence-corrected chi connectivity index (χ0v) is 12.8. The van der Waals surface area contributed by atoms with Crippen LogP contribution >= 0.6 is 0 Å². The number of rotatable bonds is 9. The van der Waals surface area contributed by atoms with Crippen LogP contribution in [-0.2, 0) is 9.59 Å². The van der Waals surface area contributed by atoms with E-state index in [0.717, 1.165) is 0 Å². The summed E-state index contributed by atoms with van der Waals surface area (Å²) in [7, 11) is 7.96. The minimum absolute atomic E-state index is 0.0292. The van der Waals surface area contributed by atoms with Gasteiger partial charge < -0.3 is 9.80 Å². The summed E-state index contributed by atoms with van der Waals surface area (Å²) in [6, 6.07) is 0. The quantitative estimate of drug-likeness (QED) is 0.434. The molecule has 0 unspecified atom stereocenters. The summed E-state index contributed by atoms with van der Waals surface area (Å²) in [6.07, 6.45) is 14.4. The highest BCUT2D eigenvalue weighted by Crippen LogP contribution is 1.96. The zero-order valence-electron chi connectivity index (χ0n) is 12.8. The van der Waals surface area contributed by atoms with Crippen molar-refractivity contribution in [1.82, 2.24) is 0 Å². The fourth-order valence-electron chi connectivity index (χ4n) is 1.23. The van der Waals surface area contributed by atoms with Crippen molar-refractivity contribution in [2.24, 2.45) is 0 Å². The first-order valence-corrected chi connectivity index (χ1v) is 6.77. The molecule has 0 saturated carbocycles. The van der Waals surface area contributed by atoms with E-state index in [1.165, 1.54) is 22.0 Å². The van der Waals surface area contributed by atoms with Crippen molar-refractivity contribution in [3.8, 4) is 0 Å². The summed E-state index contributed by atoms with van der Waals surface area (Å²) in [5.41, 5.74) is 0. The predicted octanol–water partition coefficient (Wildman–Crippen LogP) is -0.666. The Morgan fingerprint density at radius 1 is 0.700 bits per heavy atom. The summed E-state index contributed by atoms with van der Waals surface area (Å²) in [5.74, 6) is -0.0585. The van der Waals surface area contributed by atoms with Crippen LogP contribution in [0.1, 0.15) is 12.8 Å². The topological polar surface area (TPSA) is 43.0 Å². The summed E-state index contributed by atoms with van der Waals surface area (Å²) < 4.78 is 0. The number of hydrogen-bond acceptors (Lipinski definition) is 2. The third-order valence-corrected chi connectivity index (χ3v) is 2.26. The second-order valence-electron chi connectivity index (χ2n) is 5.02. The van der Waals surface area contributed by atoms with Gasteiger partial charge in [0.25, 0.3) is 0 Å². The second kappa shape index (κ2) is 11.1. The normalized spacial score (nSPS) is 12.9. The van der Waals surface area contributed by atoms with Crippen LogP contribution in [0.15, 0.2) is 48.9 Å². The molecule has 0 aromatic heterocycles. The smallest absolute Gasteiger partial charge is 0.156 e. The maximum atomic E-state index is 11.5. The fraction of sp³-hybridized carbons (Fsp3) is 0.375. The molecule has 0 heterocycles. The van der Waals surface area contributed by atoms with Gasteiger partial charge in [-0.3, -0.25) is 9.59 Å². The molecule has 20 heavy (non-hydrogen) atoms. The van der Waals surface area contributed by atoms with E-state index in [2.05, 4.69) is 0 Å². The van der Waals surface area contributed by atoms with Crippen LogP contribution in [0, 0.1) is 0 Å². The van der Waals surface area contributed by atoms with Gasteiger partial charge in [0.2, 0.25) is 0 Å². The number of allylic oxidation sites excluding steroid dienone is 6. The van der Waals surface area contributed by atoms with Gasteiger partial charge in [0.05, 0.1) is 40.6 Å². The monoisotopic (exact) mass is 278 g/mol. The molecule has 2 N–H and O–H groups in total. The molecule has 0 aromatic carbocycles. The van der Waals surface area contributed by atoms with E-state index in [-0.39, 0.29) is 24.4 Å². The molecule has 0 aliphatic carbocycles. The summed E-state index contributed by atoms with van der Waals surface area (Å²) >= 11 is 0. The van der Waals surface area contributed by atoms with Crippen molar-refractivity contribution >= 4 is 11.6 Å². The first kappa shape index (κ1) is 18.2. The third kappa shape index (κ3) is 12.7. The van der Waals surface area contributed by atoms with Gasteiger partial charge in [-0.1, -0.05) is 12.2 Å². The molecule has 0 rings (SSSR count). The summed E-state index contributed by atoms with van der Waals surface area (Å²) in [6.45, 7) is 0. The van der Waals surface area contributed by atoms with Gasteiger partial charge in [0.15, 0.2) is 11.6 Å². The minimum Gasteiger partial charge on any atom is -0.314 e. The molecule has 0 fully saturated rings. The van der Waals surface area contributed by atoms with Gasteiger partial charge >= 0.3 is 0 Å². The van der Waals surface area contributed by atoms with Crippen LogP contribution in [-0.4, -0.2) is 39.8 Å². The number of nitrogens with one attached hydrogen (secondary N) is 2. The minimum atomic E-state index is -0.0292. The molecule has 4 heteroatoms. The van der Waals surface area contributed by atoms with Gasteiger partial charge in [-0.2, -0.15) is 0 Å². The predicted molar refractivity (Wildman–Crippen MR) is 81.4 cm³/mol. The van der Waals surface area contributed by atoms with E-state index in [9.17, 15) is 9.59 Å². The Bertz CT molecular complexity index is 376. The van der Waals surface area contributed by atoms with E-state index in [1.807, 2.05) is 52.7 Å². The Morgan fingerprint density at radius 2 is 1.05 bits per heavy atom. The molecule has 0 aliphatic heterocycles. The zero-order chi connectivity index (χ0) is 15.4. The van der Waals surface area contributed by atoms with Crippen LogP contribution in [0.5, 0.6) is 0 Å². The molecule has 0 aliphatic rings. The molecule has 0 atom stereocenters. The molecule has 0 saturated heterocycles. The Hall–Kier alpha value is -1.78. The number of quaternary nitrogens is 2. The highest BCUT2D eigenvalue weighted by molar-refractivity contribution is 5.96. The highest BCUT2D eigenvalue weighted by atomic mass is 16.1. The standard InChI is InChI=1S/C16H24N2O2/c1-17(2)13-7-5-9-15(19)11-12-16(20)10-6-8-14-18(3)4/h5-10,13-14H,11-12H2,1-4H3/p+2/b9-5+,10-6+,13-7+,14-8+. The van der Waals surface area contributed by atoms with Crippen molar-refractivity contribution in [3.05, 3.63) is 48.9 Å². The van der Waals surface area contributed by atoms with Crippen LogP contribution in [0.2, 0.25) is 0 Å². The Morgan fingerprint density at radius 3 is 1.35 bits per heavy atom. The number of carbonyl (C=O) groups is 2. The molecule has 0 aromatic rings. The molecule has 0 amide bonds. The van der Waals surface area contributed by atoms with Gasteiger partial charge in [-0.25, -0.2) is 0 Å². The van der Waals surface area contributed by atoms with Crippen molar-refractivity contribution in [2.45, 2.75) is 12.8 Å². The summed E-state index contributed by atoms with van der Waals surface area (Å²) in [4.78, 5) is 25.3. The van der Waals surface area contributed by atoms with E-state index in [4.69, 9.17) is 0 Å². The second-order valence-corrected chi connectivity index (χ2v) is 5.02. The largest absolute Gasteiger partial charge is 0.314 e. The molecular formula is C16H26N2O2+2. The highest BCUT2D eigenvalue weighted by Gasteiger charge is 2.00. The van der Waals surface area contributed by atoms with Gasteiger partial charge in [-0.05, 0) is 24.3 Å². The van der Waals surface area contributed by atoms with Crippen LogP contribution in [0.25, 0.3) is 0 Å². The number of carbonyl (C=O) groups excluding carboxylic acids is 2. The molecule has 110 valence electrons. The van der Waals surface area contributed by atoms with E-state index < -0.39 is 0 Å². The molecule has 0 radical (unpaired) electrons. The molecule has 0 bridgehead atoms. The summed E-state index contributed by atoms with van der Waals surface area (Å²) in [5, 5.41) is 0. The van der Waals surface area contributed by atoms with Crippen LogP contribution in [0.4, 0.5) is 0 Å². The van der Waals surface area contributed by atoms with Crippen molar-refractivity contribution < 1.29 is 19.4 Å². The molecular weight excluding hydrogens is 252 g/mol. The van der Waals surface area contributed by atoms with Gasteiger partial charge in [0.1, 0.15) is 0 Å². The SMILES string of the molecule is C[NH+](C)/C=C/C=C/C(=O)CCC(=O)/C=C/C=C/[NH+](C)C. The lowest BCUT2D eigenvalue weighted by atomic mass is 10.1. The molecule has 4 nitrogen and oxygen atoms in total. The average molecular weight is 278 g/mol. The van der Waals surface area contributed by atoms with E-state index >= 15 is 0 Å². The fourth-order valence-corrected chi connectivity index (χ4v) is 1.23. The van der Waals surface area contributed by atoms with Gasteiger partial charge in [0, 0.05) is 12.8 Å². The van der Waals surface area contributed by atoms with Crippen LogP contribution in [0.3, 0.4) is 0 Å². The van der Waals surface area contributed by atoms with Crippen molar-refractivity contribution in [1.29, 1.82) is 0 Å². The lowest BCUT2D eigenvalue weighted by molar-refractivity contribution is -0.801. The number of ketones is 2. The first-order chi connectivity index (χ1) is 9.41. The Labute approximate surface area is 121 Å². The van der Waals surface area contributed by atoms with Crippen molar-refractivity contribution in [2.75, 3.05) is 28.2 Å². The Balaban J connectivity index is 3.98. The third-order valence-electron chi connectivity index (χ3n) is 2.26. The first-order valence-electron chi connectivity index (χ1n) is 6.77. The maximum absolute atomic E-state index is 11.5. The lowest BCUT2D eigenvalue weighted by Gasteiger charge is -1.95. The average Bonchev–Trinajstić information content (AvgIpc) is 2.37. The van der Waals surface area contributed by atoms with E-state index in [1.54, 1.807) is 12.2 Å². The van der Waals surface area contributed by atoms with Crippen LogP contribution < -0.4 is 9.80 Å². The van der Waals surface area contributed by atoms with E-state index in [0.29, 0.717) is 0 Å². The molecule has 0 spiro atoms. The van der Waals surface area contributed by atoms with Crippen molar-refractivity contribution in [3.63, 3.8) is 0 Å². The lowest BCUT2D eigenvalue weighted by Crippen LogP contribution is -3.00. The van der Waals surface area contributed by atoms with Gasteiger partial charge in [-0.15, -0.1) is 0 Å². The maximum Gasteiger partial charge on any atom is 0.156 e. The Kier molecular flexibility index (Phi) is 10.1.